The number of ether oxygens (including phenoxy) is 2. The van der Waals surface area contributed by atoms with Crippen molar-refractivity contribution in [3.05, 3.63) is 0 Å². The van der Waals surface area contributed by atoms with Crippen LogP contribution in [0.1, 0.15) is 61.3 Å². The van der Waals surface area contributed by atoms with Gasteiger partial charge >= 0.3 is 12.1 Å². The van der Waals surface area contributed by atoms with Crippen LogP contribution in [0, 0.1) is 0 Å². The summed E-state index contributed by atoms with van der Waals surface area (Å²) in [5.41, 5.74) is 4.44. The topological polar surface area (TPSA) is 108 Å². The van der Waals surface area contributed by atoms with Crippen molar-refractivity contribution in [1.29, 1.82) is 0 Å². The van der Waals surface area contributed by atoms with Gasteiger partial charge in [0, 0.05) is 6.42 Å². The number of esters is 1. The van der Waals surface area contributed by atoms with Crippen LogP contribution in [0.15, 0.2) is 0 Å². The number of nitrogens with two attached hydrogens (primary N) is 1. The molecule has 2 amide bonds. The van der Waals surface area contributed by atoms with E-state index in [9.17, 15) is 14.4 Å². The number of hydrogen-bond donors (Lipinski definition) is 2. The van der Waals surface area contributed by atoms with Crippen LogP contribution in [0.5, 0.6) is 0 Å². The van der Waals surface area contributed by atoms with Gasteiger partial charge in [-0.05, 0) is 27.2 Å². The van der Waals surface area contributed by atoms with Gasteiger partial charge < -0.3 is 20.5 Å². The smallest absolute Gasteiger partial charge is 0.408 e. The van der Waals surface area contributed by atoms with Crippen LogP contribution in [-0.2, 0) is 19.1 Å². The van der Waals surface area contributed by atoms with E-state index in [1.165, 1.54) is 7.11 Å². The second-order valence-corrected chi connectivity index (χ2v) is 4.72. The summed E-state index contributed by atoms with van der Waals surface area (Å²) in [6, 6.07) is -0.959. The summed E-state index contributed by atoms with van der Waals surface area (Å²) in [6.07, 6.45) is -0.697. The van der Waals surface area contributed by atoms with Gasteiger partial charge in [-0.3, -0.25) is 9.59 Å². The van der Waals surface area contributed by atoms with Gasteiger partial charge in [-0.15, -0.1) is 0 Å². The van der Waals surface area contributed by atoms with Crippen molar-refractivity contribution in [2.45, 2.75) is 73.0 Å². The van der Waals surface area contributed by atoms with E-state index >= 15 is 0 Å². The number of carbonyl (C=O) groups excluding carboxylic acids is 3. The summed E-state index contributed by atoms with van der Waals surface area (Å²) in [4.78, 5) is 33.5. The third-order valence-electron chi connectivity index (χ3n) is 1.90. The van der Waals surface area contributed by atoms with Crippen molar-refractivity contribution in [3.8, 4) is 0 Å². The Morgan fingerprint density at radius 3 is 1.86 bits per heavy atom. The molecule has 7 heteroatoms. The Morgan fingerprint density at radius 1 is 1.09 bits per heavy atom. The van der Waals surface area contributed by atoms with E-state index in [4.69, 9.17) is 10.5 Å². The maximum Gasteiger partial charge on any atom is 0.408 e. The Labute approximate surface area is 133 Å². The lowest BCUT2D eigenvalue weighted by Crippen LogP contribution is -2.46. The van der Waals surface area contributed by atoms with Gasteiger partial charge in [0.15, 0.2) is 0 Å². The first-order chi connectivity index (χ1) is 10.2. The molecule has 0 aromatic rings. The summed E-state index contributed by atoms with van der Waals surface area (Å²) in [5, 5.41) is 2.31. The first-order valence-electron chi connectivity index (χ1n) is 7.51. The Morgan fingerprint density at radius 2 is 1.55 bits per heavy atom. The molecule has 22 heavy (non-hydrogen) atoms. The molecule has 7 nitrogen and oxygen atoms in total. The summed E-state index contributed by atoms with van der Waals surface area (Å²) in [5.74, 6) is -1.21. The van der Waals surface area contributed by atoms with E-state index in [2.05, 4.69) is 10.1 Å². The van der Waals surface area contributed by atoms with Crippen molar-refractivity contribution in [1.82, 2.24) is 5.32 Å². The minimum atomic E-state index is -0.959. The van der Waals surface area contributed by atoms with Gasteiger partial charge in [-0.2, -0.15) is 0 Å². The SMILES string of the molecule is CC.CC.COC(=O)CCC(NC(=O)OC(C)(C)C)C(N)=O. The Bertz CT molecular complexity index is 324. The third kappa shape index (κ3) is 16.3. The largest absolute Gasteiger partial charge is 0.469 e. The minimum absolute atomic E-state index is 0.0140. The van der Waals surface area contributed by atoms with Crippen LogP contribution in [0.4, 0.5) is 4.79 Å². The fraction of sp³-hybridized carbons (Fsp3) is 0.800. The van der Waals surface area contributed by atoms with E-state index in [-0.39, 0.29) is 12.8 Å². The summed E-state index contributed by atoms with van der Waals surface area (Å²) in [7, 11) is 1.24. The number of rotatable bonds is 5. The number of carbonyl (C=O) groups is 3. The molecular formula is C15H32N2O5. The second kappa shape index (κ2) is 14.2. The minimum Gasteiger partial charge on any atom is -0.469 e. The number of hydrogen-bond acceptors (Lipinski definition) is 5. The molecule has 0 aliphatic carbocycles. The lowest BCUT2D eigenvalue weighted by atomic mass is 10.1. The highest BCUT2D eigenvalue weighted by Crippen LogP contribution is 2.07. The predicted octanol–water partition coefficient (Wildman–Crippen LogP) is 2.37. The summed E-state index contributed by atoms with van der Waals surface area (Å²) in [6.45, 7) is 13.1. The van der Waals surface area contributed by atoms with Crippen LogP contribution in [0.25, 0.3) is 0 Å². The van der Waals surface area contributed by atoms with Gasteiger partial charge in [-0.25, -0.2) is 4.79 Å². The third-order valence-corrected chi connectivity index (χ3v) is 1.90. The zero-order valence-corrected chi connectivity index (χ0v) is 15.1. The quantitative estimate of drug-likeness (QED) is 0.756. The van der Waals surface area contributed by atoms with E-state index in [0.717, 1.165) is 0 Å². The molecule has 0 radical (unpaired) electrons. The van der Waals surface area contributed by atoms with Crippen molar-refractivity contribution in [3.63, 3.8) is 0 Å². The molecule has 0 fully saturated rings. The Kier molecular flexibility index (Phi) is 16.2. The van der Waals surface area contributed by atoms with Crippen molar-refractivity contribution >= 4 is 18.0 Å². The van der Waals surface area contributed by atoms with Crippen LogP contribution in [0.3, 0.4) is 0 Å². The van der Waals surface area contributed by atoms with Crippen molar-refractivity contribution in [2.24, 2.45) is 5.73 Å². The molecule has 0 bridgehead atoms. The van der Waals surface area contributed by atoms with Crippen LogP contribution < -0.4 is 11.1 Å². The normalized spacial score (nSPS) is 10.7. The Hall–Kier alpha value is -1.79. The lowest BCUT2D eigenvalue weighted by Gasteiger charge is -2.22. The van der Waals surface area contributed by atoms with Crippen molar-refractivity contribution in [2.75, 3.05) is 7.11 Å². The molecule has 0 aromatic heterocycles. The molecule has 0 aromatic carbocycles. The monoisotopic (exact) mass is 320 g/mol. The van der Waals surface area contributed by atoms with Crippen molar-refractivity contribution < 1.29 is 23.9 Å². The molecule has 3 N–H and O–H groups in total. The highest BCUT2D eigenvalue weighted by atomic mass is 16.6. The zero-order chi connectivity index (χ0) is 18.3. The molecule has 0 spiro atoms. The van der Waals surface area contributed by atoms with Crippen LogP contribution in [0.2, 0.25) is 0 Å². The zero-order valence-electron chi connectivity index (χ0n) is 15.1. The molecule has 0 heterocycles. The number of primary amides is 1. The van der Waals surface area contributed by atoms with Gasteiger partial charge in [0.1, 0.15) is 11.6 Å². The predicted molar refractivity (Wildman–Crippen MR) is 86.3 cm³/mol. The van der Waals surface area contributed by atoms with E-state index in [1.807, 2.05) is 27.7 Å². The average Bonchev–Trinajstić information content (AvgIpc) is 2.45. The number of amides is 2. The molecule has 0 rings (SSSR count). The molecule has 0 saturated carbocycles. The van der Waals surface area contributed by atoms with E-state index in [1.54, 1.807) is 20.8 Å². The van der Waals surface area contributed by atoms with E-state index < -0.39 is 29.6 Å². The molecule has 0 saturated heterocycles. The van der Waals surface area contributed by atoms with Crippen LogP contribution in [-0.4, -0.2) is 36.7 Å². The average molecular weight is 320 g/mol. The molecule has 0 aliphatic heterocycles. The molecule has 1 atom stereocenters. The van der Waals surface area contributed by atoms with Gasteiger partial charge in [0.05, 0.1) is 7.11 Å². The van der Waals surface area contributed by atoms with Crippen LogP contribution >= 0.6 is 0 Å². The fourth-order valence-electron chi connectivity index (χ4n) is 1.10. The highest BCUT2D eigenvalue weighted by molar-refractivity contribution is 5.84. The number of methoxy groups -OCH3 is 1. The van der Waals surface area contributed by atoms with Gasteiger partial charge in [-0.1, -0.05) is 27.7 Å². The molecular weight excluding hydrogens is 288 g/mol. The first-order valence-corrected chi connectivity index (χ1v) is 7.51. The Balaban J connectivity index is -0.000000826. The highest BCUT2D eigenvalue weighted by Gasteiger charge is 2.23. The van der Waals surface area contributed by atoms with Gasteiger partial charge in [0.25, 0.3) is 0 Å². The number of alkyl carbamates (subject to hydrolysis) is 1. The first kappa shape index (κ1) is 25.2. The lowest BCUT2D eigenvalue weighted by molar-refractivity contribution is -0.140. The standard InChI is InChI=1S/C11H20N2O5.2C2H6/c1-11(2,3)18-10(16)13-7(9(12)15)5-6-8(14)17-4;2*1-2/h7H,5-6H2,1-4H3,(H2,12,15)(H,13,16);2*1-2H3. The fourth-order valence-corrected chi connectivity index (χ4v) is 1.10. The van der Waals surface area contributed by atoms with Gasteiger partial charge in [0.2, 0.25) is 5.91 Å². The summed E-state index contributed by atoms with van der Waals surface area (Å²) < 4.78 is 9.41. The number of nitrogens with one attached hydrogen (secondary N) is 1. The van der Waals surface area contributed by atoms with E-state index in [0.29, 0.717) is 0 Å². The maximum atomic E-state index is 11.4. The maximum absolute atomic E-state index is 11.4. The molecule has 132 valence electrons. The summed E-state index contributed by atoms with van der Waals surface area (Å²) >= 11 is 0. The molecule has 0 aliphatic rings. The second-order valence-electron chi connectivity index (χ2n) is 4.72. The molecule has 1 unspecified atom stereocenters.